The number of ether oxygens (including phenoxy) is 1. The molecule has 0 unspecified atom stereocenters. The number of nitrogens with two attached hydrogens (primary N) is 1. The first kappa shape index (κ1) is 9.79. The average Bonchev–Trinajstić information content (AvgIpc) is 2.65. The van der Waals surface area contributed by atoms with Gasteiger partial charge in [0.1, 0.15) is 5.75 Å². The summed E-state index contributed by atoms with van der Waals surface area (Å²) in [5.41, 5.74) is 5.95. The lowest BCUT2D eigenvalue weighted by Crippen LogP contribution is -1.87. The number of aromatic nitrogens is 2. The van der Waals surface area contributed by atoms with E-state index in [1.807, 2.05) is 0 Å². The van der Waals surface area contributed by atoms with Crippen molar-refractivity contribution < 1.29 is 9.15 Å². The Morgan fingerprint density at radius 1 is 1.40 bits per heavy atom. The molecule has 0 amide bonds. The normalized spacial score (nSPS) is 10.3. The number of benzene rings is 1. The molecule has 0 aliphatic rings. The molecule has 2 rings (SSSR count). The van der Waals surface area contributed by atoms with E-state index in [1.54, 1.807) is 25.3 Å². The molecule has 1 heterocycles. The summed E-state index contributed by atoms with van der Waals surface area (Å²) in [7, 11) is 1.55. The molecule has 0 atom stereocenters. The Bertz CT molecular complexity index is 484. The van der Waals surface area contributed by atoms with Crippen LogP contribution >= 0.6 is 11.6 Å². The minimum Gasteiger partial charge on any atom is -0.496 e. The van der Waals surface area contributed by atoms with E-state index in [-0.39, 0.29) is 11.9 Å². The summed E-state index contributed by atoms with van der Waals surface area (Å²) in [4.78, 5) is 0. The van der Waals surface area contributed by atoms with Gasteiger partial charge in [0.25, 0.3) is 5.89 Å². The standard InChI is InChI=1S/C9H8ClN3O2/c1-14-7-3-2-5(10)4-6(7)8-12-13-9(11)15-8/h2-4H,1H3,(H2,11,13). The van der Waals surface area contributed by atoms with Crippen molar-refractivity contribution >= 4 is 17.6 Å². The second kappa shape index (κ2) is 3.78. The Hall–Kier alpha value is -1.75. The molecule has 0 spiro atoms. The summed E-state index contributed by atoms with van der Waals surface area (Å²) in [5, 5.41) is 7.87. The summed E-state index contributed by atoms with van der Waals surface area (Å²) < 4.78 is 10.2. The summed E-state index contributed by atoms with van der Waals surface area (Å²) in [6.45, 7) is 0. The maximum Gasteiger partial charge on any atom is 0.313 e. The fourth-order valence-corrected chi connectivity index (χ4v) is 1.36. The van der Waals surface area contributed by atoms with E-state index < -0.39 is 0 Å². The van der Waals surface area contributed by atoms with Crippen LogP contribution < -0.4 is 10.5 Å². The lowest BCUT2D eigenvalue weighted by Gasteiger charge is -2.04. The Labute approximate surface area is 90.8 Å². The molecule has 5 nitrogen and oxygen atoms in total. The van der Waals surface area contributed by atoms with Gasteiger partial charge in [0.2, 0.25) is 0 Å². The van der Waals surface area contributed by atoms with Gasteiger partial charge in [0.05, 0.1) is 12.7 Å². The van der Waals surface area contributed by atoms with Crippen LogP contribution in [0, 0.1) is 0 Å². The van der Waals surface area contributed by atoms with Crippen molar-refractivity contribution in [3.8, 4) is 17.2 Å². The highest BCUT2D eigenvalue weighted by Gasteiger charge is 2.12. The molecule has 1 aromatic carbocycles. The highest BCUT2D eigenvalue weighted by atomic mass is 35.5. The number of halogens is 1. The first-order valence-electron chi connectivity index (χ1n) is 4.13. The van der Waals surface area contributed by atoms with Gasteiger partial charge >= 0.3 is 6.01 Å². The van der Waals surface area contributed by atoms with Crippen molar-refractivity contribution in [2.24, 2.45) is 0 Å². The summed E-state index contributed by atoms with van der Waals surface area (Å²) in [6.07, 6.45) is 0. The first-order chi connectivity index (χ1) is 7.20. The van der Waals surface area contributed by atoms with E-state index in [1.165, 1.54) is 0 Å². The molecule has 6 heteroatoms. The number of hydrogen-bond acceptors (Lipinski definition) is 5. The molecule has 2 aromatic rings. The zero-order valence-corrected chi connectivity index (χ0v) is 8.65. The topological polar surface area (TPSA) is 74.2 Å². The molecule has 0 aliphatic carbocycles. The van der Waals surface area contributed by atoms with Crippen molar-refractivity contribution in [2.75, 3.05) is 12.8 Å². The molecule has 78 valence electrons. The van der Waals surface area contributed by atoms with Gasteiger partial charge in [0, 0.05) is 5.02 Å². The molecule has 1 aromatic heterocycles. The molecule has 0 bridgehead atoms. The van der Waals surface area contributed by atoms with Gasteiger partial charge in [-0.3, -0.25) is 0 Å². The van der Waals surface area contributed by atoms with E-state index >= 15 is 0 Å². The molecule has 0 radical (unpaired) electrons. The van der Waals surface area contributed by atoms with Crippen LogP contribution in [0.25, 0.3) is 11.5 Å². The third kappa shape index (κ3) is 1.87. The minimum absolute atomic E-state index is 0.00651. The second-order valence-corrected chi connectivity index (χ2v) is 3.23. The zero-order chi connectivity index (χ0) is 10.8. The number of hydrogen-bond donors (Lipinski definition) is 1. The SMILES string of the molecule is COc1ccc(Cl)cc1-c1nnc(N)o1. The Balaban J connectivity index is 2.55. The average molecular weight is 226 g/mol. The van der Waals surface area contributed by atoms with Crippen molar-refractivity contribution in [3.05, 3.63) is 23.2 Å². The maximum atomic E-state index is 5.85. The van der Waals surface area contributed by atoms with Crippen LogP contribution in [-0.2, 0) is 0 Å². The van der Waals surface area contributed by atoms with E-state index in [2.05, 4.69) is 10.2 Å². The lowest BCUT2D eigenvalue weighted by atomic mass is 10.2. The smallest absolute Gasteiger partial charge is 0.313 e. The van der Waals surface area contributed by atoms with Gasteiger partial charge in [-0.25, -0.2) is 0 Å². The summed E-state index contributed by atoms with van der Waals surface area (Å²) in [6, 6.07) is 5.11. The number of anilines is 1. The van der Waals surface area contributed by atoms with Gasteiger partial charge in [-0.2, -0.15) is 0 Å². The van der Waals surface area contributed by atoms with Crippen LogP contribution in [0.2, 0.25) is 5.02 Å². The molecule has 2 N–H and O–H groups in total. The van der Waals surface area contributed by atoms with Crippen LogP contribution in [-0.4, -0.2) is 17.3 Å². The van der Waals surface area contributed by atoms with Gasteiger partial charge < -0.3 is 14.9 Å². The quantitative estimate of drug-likeness (QED) is 0.846. The van der Waals surface area contributed by atoms with Crippen molar-refractivity contribution in [3.63, 3.8) is 0 Å². The Morgan fingerprint density at radius 3 is 2.80 bits per heavy atom. The van der Waals surface area contributed by atoms with Crippen LogP contribution in [0.3, 0.4) is 0 Å². The van der Waals surface area contributed by atoms with Crippen LogP contribution in [0.4, 0.5) is 6.01 Å². The van der Waals surface area contributed by atoms with Gasteiger partial charge in [-0.15, -0.1) is 5.10 Å². The van der Waals surface area contributed by atoms with Crippen LogP contribution in [0.1, 0.15) is 0 Å². The van der Waals surface area contributed by atoms with Crippen LogP contribution in [0.5, 0.6) is 5.75 Å². The van der Waals surface area contributed by atoms with Gasteiger partial charge in [-0.05, 0) is 18.2 Å². The van der Waals surface area contributed by atoms with Crippen molar-refractivity contribution in [1.29, 1.82) is 0 Å². The highest BCUT2D eigenvalue weighted by Crippen LogP contribution is 2.31. The van der Waals surface area contributed by atoms with Gasteiger partial charge in [0.15, 0.2) is 0 Å². The zero-order valence-electron chi connectivity index (χ0n) is 7.90. The van der Waals surface area contributed by atoms with Gasteiger partial charge in [-0.1, -0.05) is 16.7 Å². The van der Waals surface area contributed by atoms with E-state index in [4.69, 9.17) is 26.5 Å². The highest BCUT2D eigenvalue weighted by molar-refractivity contribution is 6.30. The van der Waals surface area contributed by atoms with Crippen molar-refractivity contribution in [2.45, 2.75) is 0 Å². The second-order valence-electron chi connectivity index (χ2n) is 2.79. The minimum atomic E-state index is 0.00651. The van der Waals surface area contributed by atoms with Crippen LogP contribution in [0.15, 0.2) is 22.6 Å². The summed E-state index contributed by atoms with van der Waals surface area (Å²) in [5.74, 6) is 0.884. The summed E-state index contributed by atoms with van der Waals surface area (Å²) >= 11 is 5.85. The monoisotopic (exact) mass is 225 g/mol. The third-order valence-corrected chi connectivity index (χ3v) is 2.07. The molecular weight excluding hydrogens is 218 g/mol. The Kier molecular flexibility index (Phi) is 2.47. The predicted octanol–water partition coefficient (Wildman–Crippen LogP) is 1.98. The molecule has 15 heavy (non-hydrogen) atoms. The maximum absolute atomic E-state index is 5.85. The lowest BCUT2D eigenvalue weighted by molar-refractivity contribution is 0.414. The molecule has 0 aliphatic heterocycles. The largest absolute Gasteiger partial charge is 0.496 e. The molecule has 0 fully saturated rings. The fraction of sp³-hybridized carbons (Fsp3) is 0.111. The van der Waals surface area contributed by atoms with E-state index in [0.29, 0.717) is 16.3 Å². The number of nitrogen functional groups attached to an aromatic ring is 1. The third-order valence-electron chi connectivity index (χ3n) is 1.83. The first-order valence-corrected chi connectivity index (χ1v) is 4.51. The molecule has 0 saturated carbocycles. The number of rotatable bonds is 2. The fourth-order valence-electron chi connectivity index (χ4n) is 1.19. The number of nitrogens with zero attached hydrogens (tertiary/aromatic N) is 2. The van der Waals surface area contributed by atoms with Crippen molar-refractivity contribution in [1.82, 2.24) is 10.2 Å². The number of methoxy groups -OCH3 is 1. The van der Waals surface area contributed by atoms with E-state index in [0.717, 1.165) is 0 Å². The predicted molar refractivity (Wildman–Crippen MR) is 55.7 cm³/mol. The molecule has 0 saturated heterocycles. The van der Waals surface area contributed by atoms with E-state index in [9.17, 15) is 0 Å². The Morgan fingerprint density at radius 2 is 2.20 bits per heavy atom. The molecular formula is C9H8ClN3O2.